The first-order valence-electron chi connectivity index (χ1n) is 5.62. The molecule has 1 aromatic carbocycles. The monoisotopic (exact) mass is 233 g/mol. The molecule has 0 unspecified atom stereocenters. The number of carbonyl (C=O) groups excluding carboxylic acids is 2. The smallest absolute Gasteiger partial charge is 0.321 e. The van der Waals surface area contributed by atoms with E-state index in [0.717, 1.165) is 25.9 Å². The minimum Gasteiger partial charge on any atom is -0.366 e. The van der Waals surface area contributed by atoms with Gasteiger partial charge >= 0.3 is 6.03 Å². The SMILES string of the molecule is NC(=O)c1cccc(NC(=O)N2CCCC2)c1. The first-order valence-corrected chi connectivity index (χ1v) is 5.62. The van der Waals surface area contributed by atoms with Crippen LogP contribution in [0, 0.1) is 0 Å². The average molecular weight is 233 g/mol. The van der Waals surface area contributed by atoms with Gasteiger partial charge in [-0.2, -0.15) is 0 Å². The largest absolute Gasteiger partial charge is 0.366 e. The van der Waals surface area contributed by atoms with Gasteiger partial charge in [-0.05, 0) is 31.0 Å². The number of amides is 3. The van der Waals surface area contributed by atoms with Crippen molar-refractivity contribution in [1.82, 2.24) is 4.90 Å². The van der Waals surface area contributed by atoms with Gasteiger partial charge < -0.3 is 16.0 Å². The Bertz CT molecular complexity index is 439. The molecule has 3 amide bonds. The van der Waals surface area contributed by atoms with Crippen LogP contribution in [0.1, 0.15) is 23.2 Å². The zero-order chi connectivity index (χ0) is 12.3. The van der Waals surface area contributed by atoms with Gasteiger partial charge in [0, 0.05) is 24.3 Å². The number of anilines is 1. The summed E-state index contributed by atoms with van der Waals surface area (Å²) in [7, 11) is 0. The van der Waals surface area contributed by atoms with E-state index in [-0.39, 0.29) is 6.03 Å². The standard InChI is InChI=1S/C12H15N3O2/c13-11(16)9-4-3-5-10(8-9)14-12(17)15-6-1-2-7-15/h3-5,8H,1-2,6-7H2,(H2,13,16)(H,14,17). The fourth-order valence-corrected chi connectivity index (χ4v) is 1.87. The van der Waals surface area contributed by atoms with Crippen molar-refractivity contribution in [1.29, 1.82) is 0 Å². The summed E-state index contributed by atoms with van der Waals surface area (Å²) in [6, 6.07) is 6.51. The van der Waals surface area contributed by atoms with Crippen molar-refractivity contribution in [2.75, 3.05) is 18.4 Å². The van der Waals surface area contributed by atoms with E-state index >= 15 is 0 Å². The minimum absolute atomic E-state index is 0.121. The van der Waals surface area contributed by atoms with Gasteiger partial charge in [-0.3, -0.25) is 4.79 Å². The Balaban J connectivity index is 2.05. The van der Waals surface area contributed by atoms with Crippen LogP contribution in [0.4, 0.5) is 10.5 Å². The number of nitrogens with one attached hydrogen (secondary N) is 1. The number of nitrogens with two attached hydrogens (primary N) is 1. The summed E-state index contributed by atoms with van der Waals surface area (Å²) in [6.07, 6.45) is 2.10. The molecule has 0 saturated carbocycles. The number of urea groups is 1. The quantitative estimate of drug-likeness (QED) is 0.810. The lowest BCUT2D eigenvalue weighted by atomic mass is 10.2. The molecule has 1 saturated heterocycles. The molecule has 0 aromatic heterocycles. The second-order valence-electron chi connectivity index (χ2n) is 4.07. The zero-order valence-corrected chi connectivity index (χ0v) is 9.48. The predicted octanol–water partition coefficient (Wildman–Crippen LogP) is 1.41. The molecular formula is C12H15N3O2. The number of carbonyl (C=O) groups is 2. The molecule has 1 aromatic rings. The maximum absolute atomic E-state index is 11.8. The van der Waals surface area contributed by atoms with E-state index in [4.69, 9.17) is 5.73 Å². The zero-order valence-electron chi connectivity index (χ0n) is 9.48. The lowest BCUT2D eigenvalue weighted by Gasteiger charge is -2.16. The third-order valence-corrected chi connectivity index (χ3v) is 2.79. The van der Waals surface area contributed by atoms with Crippen molar-refractivity contribution in [3.05, 3.63) is 29.8 Å². The highest BCUT2D eigenvalue weighted by atomic mass is 16.2. The van der Waals surface area contributed by atoms with Crippen molar-refractivity contribution >= 4 is 17.6 Å². The summed E-state index contributed by atoms with van der Waals surface area (Å²) in [4.78, 5) is 24.5. The van der Waals surface area contributed by atoms with E-state index in [2.05, 4.69) is 5.32 Å². The summed E-state index contributed by atoms with van der Waals surface area (Å²) in [5, 5.41) is 2.76. The van der Waals surface area contributed by atoms with Crippen molar-refractivity contribution in [2.24, 2.45) is 5.73 Å². The number of primary amides is 1. The van der Waals surface area contributed by atoms with Gasteiger partial charge in [-0.15, -0.1) is 0 Å². The Hall–Kier alpha value is -2.04. The molecule has 0 atom stereocenters. The number of hydrogen-bond acceptors (Lipinski definition) is 2. The lowest BCUT2D eigenvalue weighted by Crippen LogP contribution is -2.32. The first-order chi connectivity index (χ1) is 8.16. The predicted molar refractivity (Wildman–Crippen MR) is 64.8 cm³/mol. The molecule has 2 rings (SSSR count). The Morgan fingerprint density at radius 3 is 2.59 bits per heavy atom. The number of hydrogen-bond donors (Lipinski definition) is 2. The summed E-state index contributed by atoms with van der Waals surface area (Å²) >= 11 is 0. The molecule has 5 heteroatoms. The third-order valence-electron chi connectivity index (χ3n) is 2.79. The maximum atomic E-state index is 11.8. The Labute approximate surface area is 99.6 Å². The highest BCUT2D eigenvalue weighted by Crippen LogP contribution is 2.13. The van der Waals surface area contributed by atoms with Crippen molar-refractivity contribution < 1.29 is 9.59 Å². The number of nitrogens with zero attached hydrogens (tertiary/aromatic N) is 1. The van der Waals surface area contributed by atoms with Crippen LogP contribution in [0.15, 0.2) is 24.3 Å². The molecule has 0 aliphatic carbocycles. The second-order valence-corrected chi connectivity index (χ2v) is 4.07. The Kier molecular flexibility index (Phi) is 3.27. The normalized spacial score (nSPS) is 14.7. The van der Waals surface area contributed by atoms with Crippen LogP contribution >= 0.6 is 0 Å². The van der Waals surface area contributed by atoms with Gasteiger partial charge in [-0.1, -0.05) is 6.07 Å². The van der Waals surface area contributed by atoms with Crippen molar-refractivity contribution in [3.8, 4) is 0 Å². The highest BCUT2D eigenvalue weighted by Gasteiger charge is 2.17. The molecule has 0 radical (unpaired) electrons. The number of benzene rings is 1. The van der Waals surface area contributed by atoms with E-state index in [1.165, 1.54) is 0 Å². The van der Waals surface area contributed by atoms with Gasteiger partial charge in [0.1, 0.15) is 0 Å². The molecule has 1 aliphatic heterocycles. The van der Waals surface area contributed by atoms with Crippen LogP contribution < -0.4 is 11.1 Å². The fraction of sp³-hybridized carbons (Fsp3) is 0.333. The van der Waals surface area contributed by atoms with Crippen LogP contribution in [0.2, 0.25) is 0 Å². The van der Waals surface area contributed by atoms with Gasteiger partial charge in [0.15, 0.2) is 0 Å². The van der Waals surface area contributed by atoms with Gasteiger partial charge in [0.05, 0.1) is 0 Å². The van der Waals surface area contributed by atoms with E-state index in [9.17, 15) is 9.59 Å². The van der Waals surface area contributed by atoms with Crippen LogP contribution in [-0.2, 0) is 0 Å². The van der Waals surface area contributed by atoms with Crippen LogP contribution in [0.3, 0.4) is 0 Å². The number of rotatable bonds is 2. The minimum atomic E-state index is -0.498. The van der Waals surface area contributed by atoms with Crippen LogP contribution in [0.25, 0.3) is 0 Å². The second kappa shape index (κ2) is 4.86. The molecule has 1 aliphatic rings. The molecule has 1 fully saturated rings. The molecule has 0 spiro atoms. The van der Waals surface area contributed by atoms with E-state index < -0.39 is 5.91 Å². The molecular weight excluding hydrogens is 218 g/mol. The van der Waals surface area contributed by atoms with E-state index in [1.54, 1.807) is 29.2 Å². The van der Waals surface area contributed by atoms with Gasteiger partial charge in [0.25, 0.3) is 0 Å². The fourth-order valence-electron chi connectivity index (χ4n) is 1.87. The topological polar surface area (TPSA) is 75.4 Å². The molecule has 5 nitrogen and oxygen atoms in total. The molecule has 0 bridgehead atoms. The summed E-state index contributed by atoms with van der Waals surface area (Å²) in [5.74, 6) is -0.498. The van der Waals surface area contributed by atoms with Crippen LogP contribution in [-0.4, -0.2) is 29.9 Å². The summed E-state index contributed by atoms with van der Waals surface area (Å²) < 4.78 is 0. The Morgan fingerprint density at radius 2 is 1.94 bits per heavy atom. The average Bonchev–Trinajstić information content (AvgIpc) is 2.82. The maximum Gasteiger partial charge on any atom is 0.321 e. The first kappa shape index (κ1) is 11.4. The summed E-state index contributed by atoms with van der Waals surface area (Å²) in [5.41, 5.74) is 6.16. The van der Waals surface area contributed by atoms with Gasteiger partial charge in [0.2, 0.25) is 5.91 Å². The highest BCUT2D eigenvalue weighted by molar-refractivity contribution is 5.95. The molecule has 1 heterocycles. The number of likely N-dealkylation sites (tertiary alicyclic amines) is 1. The molecule has 17 heavy (non-hydrogen) atoms. The third kappa shape index (κ3) is 2.75. The Morgan fingerprint density at radius 1 is 1.24 bits per heavy atom. The molecule has 3 N–H and O–H groups in total. The van der Waals surface area contributed by atoms with Crippen molar-refractivity contribution in [2.45, 2.75) is 12.8 Å². The summed E-state index contributed by atoms with van der Waals surface area (Å²) in [6.45, 7) is 1.59. The molecule has 90 valence electrons. The van der Waals surface area contributed by atoms with E-state index in [1.807, 2.05) is 0 Å². The van der Waals surface area contributed by atoms with Crippen molar-refractivity contribution in [3.63, 3.8) is 0 Å². The van der Waals surface area contributed by atoms with Gasteiger partial charge in [-0.25, -0.2) is 4.79 Å². The van der Waals surface area contributed by atoms with E-state index in [0.29, 0.717) is 11.3 Å². The van der Waals surface area contributed by atoms with Crippen LogP contribution in [0.5, 0.6) is 0 Å². The lowest BCUT2D eigenvalue weighted by molar-refractivity contribution is 0.1000.